The third-order valence-electron chi connectivity index (χ3n) is 5.38. The average molecular weight is 435 g/mol. The molecule has 1 fully saturated rings. The molecule has 0 amide bonds. The summed E-state index contributed by atoms with van der Waals surface area (Å²) in [4.78, 5) is 16.0. The molecule has 170 valence electrons. The molecular weight excluding hydrogens is 406 g/mol. The van der Waals surface area contributed by atoms with Gasteiger partial charge in [-0.3, -0.25) is 4.98 Å². The summed E-state index contributed by atoms with van der Waals surface area (Å²) in [7, 11) is 0. The number of nitrogens with zero attached hydrogens (tertiary/aromatic N) is 1. The Morgan fingerprint density at radius 1 is 1.00 bits per heavy atom. The Balaban J connectivity index is 1.78. The summed E-state index contributed by atoms with van der Waals surface area (Å²) in [5.41, 5.74) is 1.45. The topological polar surface area (TPSA) is 150 Å². The van der Waals surface area contributed by atoms with Crippen LogP contribution in [0.3, 0.4) is 0 Å². The Kier molecular flexibility index (Phi) is 8.16. The molecule has 1 aliphatic rings. The number of para-hydroxylation sites is 1. The molecule has 1 aliphatic heterocycles. The van der Waals surface area contributed by atoms with Crippen LogP contribution in [0, 0.1) is 0 Å². The zero-order chi connectivity index (χ0) is 22.4. The highest BCUT2D eigenvalue weighted by Crippen LogP contribution is 2.30. The van der Waals surface area contributed by atoms with Gasteiger partial charge in [-0.05, 0) is 31.4 Å². The Bertz CT molecular complexity index is 876. The molecule has 0 saturated carbocycles. The van der Waals surface area contributed by atoms with Gasteiger partial charge < -0.3 is 35.0 Å². The van der Waals surface area contributed by atoms with Crippen molar-refractivity contribution in [2.45, 2.75) is 69.2 Å². The summed E-state index contributed by atoms with van der Waals surface area (Å²) in [6, 6.07) is 8.97. The highest BCUT2D eigenvalue weighted by molar-refractivity contribution is 5.85. The molecule has 0 radical (unpaired) electrons. The molecule has 1 saturated heterocycles. The van der Waals surface area contributed by atoms with Gasteiger partial charge in [-0.15, -0.1) is 0 Å². The first-order valence-electron chi connectivity index (χ1n) is 10.5. The van der Waals surface area contributed by atoms with E-state index in [1.165, 1.54) is 0 Å². The van der Waals surface area contributed by atoms with E-state index in [1.807, 2.05) is 12.1 Å². The van der Waals surface area contributed by atoms with E-state index in [1.54, 1.807) is 18.2 Å². The van der Waals surface area contributed by atoms with Crippen LogP contribution >= 0.6 is 0 Å². The molecule has 1 aromatic heterocycles. The number of carbonyl (C=O) groups is 1. The molecule has 31 heavy (non-hydrogen) atoms. The van der Waals surface area contributed by atoms with E-state index in [9.17, 15) is 25.2 Å². The third kappa shape index (κ3) is 5.69. The predicted octanol–water partition coefficient (Wildman–Crippen LogP) is 0.991. The molecule has 0 bridgehead atoms. The number of aromatic nitrogens is 1. The lowest BCUT2D eigenvalue weighted by Crippen LogP contribution is -2.61. The van der Waals surface area contributed by atoms with Crippen LogP contribution in [-0.2, 0) is 16.0 Å². The minimum Gasteiger partial charge on any atom is -0.479 e. The number of ether oxygens (including phenoxy) is 2. The fourth-order valence-electron chi connectivity index (χ4n) is 3.64. The van der Waals surface area contributed by atoms with Gasteiger partial charge in [0.25, 0.3) is 0 Å². The summed E-state index contributed by atoms with van der Waals surface area (Å²) < 4.78 is 11.1. The smallest absolute Gasteiger partial charge is 0.335 e. The Labute approximate surface area is 179 Å². The number of fused-ring (bicyclic) bond motifs is 1. The number of hydrogen-bond donors (Lipinski definition) is 5. The molecule has 2 heterocycles. The molecule has 1 aromatic carbocycles. The van der Waals surface area contributed by atoms with Crippen LogP contribution in [0.25, 0.3) is 10.9 Å². The van der Waals surface area contributed by atoms with Gasteiger partial charge in [-0.1, -0.05) is 31.4 Å². The Morgan fingerprint density at radius 3 is 2.45 bits per heavy atom. The summed E-state index contributed by atoms with van der Waals surface area (Å²) in [6.45, 7) is 0.205. The fourth-order valence-corrected chi connectivity index (χ4v) is 3.64. The van der Waals surface area contributed by atoms with Gasteiger partial charge >= 0.3 is 5.97 Å². The highest BCUT2D eigenvalue weighted by atomic mass is 16.7. The van der Waals surface area contributed by atoms with Crippen LogP contribution in [0.5, 0.6) is 5.75 Å². The standard InChI is InChI=1S/C22H29NO8/c24-11-7-3-1-2-4-8-13-12-16(14-9-5-6-10-15(14)23-13)30-22-19(27)17(25)18(26)20(31-22)21(28)29/h5-6,9-10,12,17-20,22,24-27H,1-4,7-8,11H2,(H,28,29)/t17?,18-,19-,20?,22-/m1/s1. The van der Waals surface area contributed by atoms with Gasteiger partial charge in [0.15, 0.2) is 6.10 Å². The van der Waals surface area contributed by atoms with E-state index in [0.29, 0.717) is 23.1 Å². The monoisotopic (exact) mass is 435 g/mol. The van der Waals surface area contributed by atoms with Crippen LogP contribution in [-0.4, -0.2) is 73.8 Å². The normalized spacial score (nSPS) is 26.1. The van der Waals surface area contributed by atoms with Crippen molar-refractivity contribution in [3.8, 4) is 5.75 Å². The zero-order valence-electron chi connectivity index (χ0n) is 17.1. The van der Waals surface area contributed by atoms with Crippen molar-refractivity contribution in [3.63, 3.8) is 0 Å². The number of aliphatic hydroxyl groups excluding tert-OH is 4. The molecule has 3 rings (SSSR count). The van der Waals surface area contributed by atoms with Gasteiger partial charge in [-0.25, -0.2) is 4.79 Å². The predicted molar refractivity (Wildman–Crippen MR) is 111 cm³/mol. The molecule has 0 aliphatic carbocycles. The fraction of sp³-hybridized carbons (Fsp3) is 0.545. The van der Waals surface area contributed by atoms with Gasteiger partial charge in [0.1, 0.15) is 24.1 Å². The van der Waals surface area contributed by atoms with Crippen LogP contribution in [0.2, 0.25) is 0 Å². The van der Waals surface area contributed by atoms with E-state index < -0.39 is 36.7 Å². The Hall–Kier alpha value is -2.30. The average Bonchev–Trinajstić information content (AvgIpc) is 2.76. The summed E-state index contributed by atoms with van der Waals surface area (Å²) in [5, 5.41) is 48.9. The number of rotatable bonds is 10. The number of carboxylic acid groups (broad SMARTS) is 1. The number of aliphatic hydroxyl groups is 4. The van der Waals surface area contributed by atoms with Crippen molar-refractivity contribution in [1.82, 2.24) is 4.98 Å². The van der Waals surface area contributed by atoms with Gasteiger partial charge in [0, 0.05) is 23.8 Å². The van der Waals surface area contributed by atoms with Gasteiger partial charge in [0.05, 0.1) is 5.52 Å². The van der Waals surface area contributed by atoms with E-state index in [2.05, 4.69) is 4.98 Å². The van der Waals surface area contributed by atoms with Crippen LogP contribution in [0.4, 0.5) is 0 Å². The number of carboxylic acids is 1. The molecule has 9 nitrogen and oxygen atoms in total. The second-order valence-corrected chi connectivity index (χ2v) is 7.72. The maximum absolute atomic E-state index is 11.3. The molecule has 9 heteroatoms. The SMILES string of the molecule is O=C(O)C1O[C@@H](Oc2cc(CCCCCCCO)nc3ccccc23)[C@H](O)C(O)[C@H]1O. The lowest BCUT2D eigenvalue weighted by atomic mass is 9.99. The summed E-state index contributed by atoms with van der Waals surface area (Å²) in [5.74, 6) is -1.12. The second kappa shape index (κ2) is 10.8. The summed E-state index contributed by atoms with van der Waals surface area (Å²) >= 11 is 0. The number of hydrogen-bond acceptors (Lipinski definition) is 8. The quantitative estimate of drug-likeness (QED) is 0.344. The maximum Gasteiger partial charge on any atom is 0.335 e. The molecular formula is C22H29NO8. The minimum atomic E-state index is -1.78. The van der Waals surface area contributed by atoms with Crippen molar-refractivity contribution < 1.29 is 39.8 Å². The molecule has 0 spiro atoms. The van der Waals surface area contributed by atoms with Crippen molar-refractivity contribution in [2.24, 2.45) is 0 Å². The van der Waals surface area contributed by atoms with Crippen molar-refractivity contribution in [2.75, 3.05) is 6.61 Å². The lowest BCUT2D eigenvalue weighted by molar-refractivity contribution is -0.270. The molecule has 5 atom stereocenters. The van der Waals surface area contributed by atoms with Crippen molar-refractivity contribution in [1.29, 1.82) is 0 Å². The van der Waals surface area contributed by atoms with E-state index in [4.69, 9.17) is 14.6 Å². The largest absolute Gasteiger partial charge is 0.479 e. The molecule has 2 unspecified atom stereocenters. The van der Waals surface area contributed by atoms with E-state index in [-0.39, 0.29) is 6.61 Å². The van der Waals surface area contributed by atoms with Crippen LogP contribution in [0.15, 0.2) is 30.3 Å². The first-order chi connectivity index (χ1) is 14.9. The second-order valence-electron chi connectivity index (χ2n) is 7.72. The van der Waals surface area contributed by atoms with Gasteiger partial charge in [-0.2, -0.15) is 0 Å². The number of aliphatic carboxylic acids is 1. The zero-order valence-corrected chi connectivity index (χ0v) is 17.1. The Morgan fingerprint density at radius 2 is 1.71 bits per heavy atom. The first-order valence-corrected chi connectivity index (χ1v) is 10.5. The molecule has 2 aromatic rings. The maximum atomic E-state index is 11.3. The number of unbranched alkanes of at least 4 members (excludes halogenated alkanes) is 4. The molecule has 5 N–H and O–H groups in total. The number of benzene rings is 1. The van der Waals surface area contributed by atoms with Gasteiger partial charge in [0.2, 0.25) is 6.29 Å². The van der Waals surface area contributed by atoms with Crippen molar-refractivity contribution in [3.05, 3.63) is 36.0 Å². The van der Waals surface area contributed by atoms with E-state index in [0.717, 1.165) is 37.8 Å². The number of aryl methyl sites for hydroxylation is 1. The van der Waals surface area contributed by atoms with Crippen molar-refractivity contribution >= 4 is 16.9 Å². The highest BCUT2D eigenvalue weighted by Gasteiger charge is 2.48. The lowest BCUT2D eigenvalue weighted by Gasteiger charge is -2.38. The first kappa shape index (κ1) is 23.4. The van der Waals surface area contributed by atoms with E-state index >= 15 is 0 Å². The third-order valence-corrected chi connectivity index (χ3v) is 5.38. The number of pyridine rings is 1. The minimum absolute atomic E-state index is 0.205. The summed E-state index contributed by atoms with van der Waals surface area (Å²) in [6.07, 6.45) is -2.93. The van der Waals surface area contributed by atoms with Crippen LogP contribution in [0.1, 0.15) is 37.8 Å². The van der Waals surface area contributed by atoms with Crippen LogP contribution < -0.4 is 4.74 Å².